The van der Waals surface area contributed by atoms with Gasteiger partial charge in [-0.1, -0.05) is 17.3 Å². The highest BCUT2D eigenvalue weighted by atomic mass is 79.9. The molecule has 0 aliphatic rings. The fraction of sp³-hybridized carbons (Fsp3) is 0.167. The minimum atomic E-state index is -0.168. The second-order valence-electron chi connectivity index (χ2n) is 5.96. The van der Waals surface area contributed by atoms with E-state index in [-0.39, 0.29) is 12.1 Å². The summed E-state index contributed by atoms with van der Waals surface area (Å²) in [6.07, 6.45) is 4.91. The minimum Gasteiger partial charge on any atom is -0.497 e. The zero-order valence-corrected chi connectivity index (χ0v) is 16.0. The molecule has 1 aromatic carbocycles. The van der Waals surface area contributed by atoms with Gasteiger partial charge >= 0.3 is 0 Å². The summed E-state index contributed by atoms with van der Waals surface area (Å²) in [7, 11) is 1.64. The molecule has 9 heteroatoms. The number of nitrogens with zero attached hydrogens (tertiary/aromatic N) is 6. The molecule has 0 amide bonds. The van der Waals surface area contributed by atoms with Gasteiger partial charge in [-0.2, -0.15) is 0 Å². The summed E-state index contributed by atoms with van der Waals surface area (Å²) < 4.78 is 9.12. The van der Waals surface area contributed by atoms with Crippen molar-refractivity contribution in [3.05, 3.63) is 75.1 Å². The smallest absolute Gasteiger partial charge is 0.263 e. The van der Waals surface area contributed by atoms with Gasteiger partial charge in [-0.3, -0.25) is 9.36 Å². The molecular weight excluding hydrogens is 412 g/mol. The number of benzene rings is 1. The largest absolute Gasteiger partial charge is 0.497 e. The topological polar surface area (TPSA) is 87.7 Å². The van der Waals surface area contributed by atoms with Gasteiger partial charge in [-0.15, -0.1) is 5.10 Å². The number of hydrogen-bond donors (Lipinski definition) is 0. The van der Waals surface area contributed by atoms with Gasteiger partial charge in [0.2, 0.25) is 0 Å². The minimum absolute atomic E-state index is 0.168. The van der Waals surface area contributed by atoms with Crippen LogP contribution in [-0.2, 0) is 13.1 Å². The quantitative estimate of drug-likeness (QED) is 0.486. The highest BCUT2D eigenvalue weighted by molar-refractivity contribution is 9.10. The van der Waals surface area contributed by atoms with E-state index in [4.69, 9.17) is 4.74 Å². The molecular formula is C18H15BrN6O2. The summed E-state index contributed by atoms with van der Waals surface area (Å²) >= 11 is 3.33. The van der Waals surface area contributed by atoms with Crippen molar-refractivity contribution in [1.82, 2.24) is 29.5 Å². The first-order chi connectivity index (χ1) is 13.1. The Morgan fingerprint density at radius 2 is 1.96 bits per heavy atom. The van der Waals surface area contributed by atoms with Crippen LogP contribution < -0.4 is 10.3 Å². The van der Waals surface area contributed by atoms with Crippen LogP contribution in [0.5, 0.6) is 5.75 Å². The maximum atomic E-state index is 12.6. The van der Waals surface area contributed by atoms with Gasteiger partial charge in [-0.05, 0) is 39.7 Å². The lowest BCUT2D eigenvalue weighted by molar-refractivity contribution is 0.414. The van der Waals surface area contributed by atoms with E-state index in [1.165, 1.54) is 10.9 Å². The average molecular weight is 427 g/mol. The second-order valence-corrected chi connectivity index (χ2v) is 6.87. The first kappa shape index (κ1) is 17.3. The Labute approximate surface area is 162 Å². The molecule has 3 heterocycles. The van der Waals surface area contributed by atoms with Crippen molar-refractivity contribution in [3.8, 4) is 5.75 Å². The lowest BCUT2D eigenvalue weighted by atomic mass is 10.2. The number of pyridine rings is 1. The van der Waals surface area contributed by atoms with Crippen molar-refractivity contribution >= 4 is 27.0 Å². The molecule has 0 unspecified atom stereocenters. The predicted molar refractivity (Wildman–Crippen MR) is 103 cm³/mol. The van der Waals surface area contributed by atoms with Crippen LogP contribution in [0, 0.1) is 0 Å². The Morgan fingerprint density at radius 1 is 1.15 bits per heavy atom. The molecule has 4 rings (SSSR count). The van der Waals surface area contributed by atoms with E-state index in [9.17, 15) is 4.79 Å². The van der Waals surface area contributed by atoms with Crippen LogP contribution in [0.1, 0.15) is 11.3 Å². The van der Waals surface area contributed by atoms with Gasteiger partial charge < -0.3 is 4.74 Å². The highest BCUT2D eigenvalue weighted by Gasteiger charge is 2.09. The van der Waals surface area contributed by atoms with Crippen molar-refractivity contribution in [2.75, 3.05) is 7.11 Å². The summed E-state index contributed by atoms with van der Waals surface area (Å²) in [5.41, 5.74) is 2.00. The lowest BCUT2D eigenvalue weighted by Gasteiger charge is -2.04. The molecule has 136 valence electrons. The molecule has 0 spiro atoms. The molecule has 0 saturated heterocycles. The Kier molecular flexibility index (Phi) is 4.68. The SMILES string of the molecule is COc1ccc(Cn2cc(Cn3cnc4ncc(Br)cc4c3=O)nn2)cc1. The molecule has 0 N–H and O–H groups in total. The molecule has 0 aliphatic heterocycles. The van der Waals surface area contributed by atoms with E-state index >= 15 is 0 Å². The normalized spacial score (nSPS) is 11.0. The van der Waals surface area contributed by atoms with Crippen LogP contribution in [0.15, 0.2) is 58.3 Å². The Hall–Kier alpha value is -3.07. The Morgan fingerprint density at radius 3 is 2.74 bits per heavy atom. The molecule has 0 saturated carbocycles. The molecule has 8 nitrogen and oxygen atoms in total. The van der Waals surface area contributed by atoms with Crippen molar-refractivity contribution in [3.63, 3.8) is 0 Å². The number of rotatable bonds is 5. The van der Waals surface area contributed by atoms with Gasteiger partial charge in [0.05, 0.1) is 31.8 Å². The van der Waals surface area contributed by atoms with Crippen molar-refractivity contribution in [2.24, 2.45) is 0 Å². The van der Waals surface area contributed by atoms with Crippen molar-refractivity contribution in [1.29, 1.82) is 0 Å². The number of fused-ring (bicyclic) bond motifs is 1. The first-order valence-corrected chi connectivity index (χ1v) is 8.94. The molecule has 4 aromatic rings. The first-order valence-electron chi connectivity index (χ1n) is 8.15. The van der Waals surface area contributed by atoms with Gasteiger partial charge in [0.25, 0.3) is 5.56 Å². The summed E-state index contributed by atoms with van der Waals surface area (Å²) in [4.78, 5) is 21.0. The monoisotopic (exact) mass is 426 g/mol. The average Bonchev–Trinajstić information content (AvgIpc) is 3.12. The van der Waals surface area contributed by atoms with E-state index in [2.05, 4.69) is 36.2 Å². The molecule has 0 radical (unpaired) electrons. The van der Waals surface area contributed by atoms with Crippen LogP contribution in [0.2, 0.25) is 0 Å². The van der Waals surface area contributed by atoms with E-state index in [1.54, 1.807) is 24.1 Å². The third kappa shape index (κ3) is 3.72. The summed E-state index contributed by atoms with van der Waals surface area (Å²) in [5, 5.41) is 8.75. The summed E-state index contributed by atoms with van der Waals surface area (Å²) in [6.45, 7) is 0.871. The fourth-order valence-corrected chi connectivity index (χ4v) is 3.05. The van der Waals surface area contributed by atoms with Crippen LogP contribution in [0.25, 0.3) is 11.0 Å². The second kappa shape index (κ2) is 7.28. The summed E-state index contributed by atoms with van der Waals surface area (Å²) in [5.74, 6) is 0.808. The molecule has 0 fully saturated rings. The fourth-order valence-electron chi connectivity index (χ4n) is 2.72. The molecule has 0 bridgehead atoms. The number of aromatic nitrogens is 6. The maximum Gasteiger partial charge on any atom is 0.263 e. The maximum absolute atomic E-state index is 12.6. The van der Waals surface area contributed by atoms with Crippen LogP contribution in [-0.4, -0.2) is 36.6 Å². The van der Waals surface area contributed by atoms with Crippen LogP contribution in [0.4, 0.5) is 0 Å². The third-order valence-electron chi connectivity index (χ3n) is 4.07. The van der Waals surface area contributed by atoms with Gasteiger partial charge in [0, 0.05) is 10.7 Å². The molecule has 3 aromatic heterocycles. The predicted octanol–water partition coefficient (Wildman–Crippen LogP) is 2.25. The third-order valence-corrected chi connectivity index (χ3v) is 4.50. The standard InChI is InChI=1S/C18H15BrN6O2/c1-27-15-4-2-12(3-5-15)8-25-10-14(22-23-25)9-24-11-21-17-16(18(24)26)6-13(19)7-20-17/h2-7,10-11H,8-9H2,1H3. The number of ether oxygens (including phenoxy) is 1. The highest BCUT2D eigenvalue weighted by Crippen LogP contribution is 2.13. The van der Waals surface area contributed by atoms with E-state index < -0.39 is 0 Å². The van der Waals surface area contributed by atoms with Crippen molar-refractivity contribution < 1.29 is 4.74 Å². The van der Waals surface area contributed by atoms with E-state index in [1.807, 2.05) is 30.5 Å². The zero-order valence-electron chi connectivity index (χ0n) is 14.4. The molecule has 0 atom stereocenters. The molecule has 0 aliphatic carbocycles. The van der Waals surface area contributed by atoms with Crippen LogP contribution >= 0.6 is 15.9 Å². The van der Waals surface area contributed by atoms with Gasteiger partial charge in [0.1, 0.15) is 17.8 Å². The zero-order chi connectivity index (χ0) is 18.8. The number of methoxy groups -OCH3 is 1. The van der Waals surface area contributed by atoms with E-state index in [0.29, 0.717) is 23.3 Å². The lowest BCUT2D eigenvalue weighted by Crippen LogP contribution is -2.21. The van der Waals surface area contributed by atoms with Crippen molar-refractivity contribution in [2.45, 2.75) is 13.1 Å². The Balaban J connectivity index is 1.54. The molecule has 27 heavy (non-hydrogen) atoms. The Bertz CT molecular complexity index is 1150. The van der Waals surface area contributed by atoms with Crippen LogP contribution in [0.3, 0.4) is 0 Å². The number of hydrogen-bond acceptors (Lipinski definition) is 6. The van der Waals surface area contributed by atoms with Gasteiger partial charge in [0.15, 0.2) is 5.65 Å². The summed E-state index contributed by atoms with van der Waals surface area (Å²) in [6, 6.07) is 9.47. The van der Waals surface area contributed by atoms with E-state index in [0.717, 1.165) is 15.8 Å². The van der Waals surface area contributed by atoms with Gasteiger partial charge in [-0.25, -0.2) is 14.6 Å². The number of halogens is 1.